The molecule has 1 heterocycles. The predicted octanol–water partition coefficient (Wildman–Crippen LogP) is 3.88. The molecule has 3 nitrogen and oxygen atoms in total. The molecule has 2 aromatic rings. The van der Waals surface area contributed by atoms with Crippen LogP contribution in [0.4, 0.5) is 0 Å². The number of hydrogen-bond donors (Lipinski definition) is 0. The lowest BCUT2D eigenvalue weighted by molar-refractivity contribution is -0.118. The van der Waals surface area contributed by atoms with Crippen LogP contribution in [0.15, 0.2) is 30.3 Å². The van der Waals surface area contributed by atoms with Gasteiger partial charge in [0.15, 0.2) is 5.78 Å². The van der Waals surface area contributed by atoms with Gasteiger partial charge in [0.05, 0.1) is 5.33 Å². The van der Waals surface area contributed by atoms with Gasteiger partial charge in [-0.3, -0.25) is 9.59 Å². The molecule has 0 saturated heterocycles. The zero-order valence-corrected chi connectivity index (χ0v) is 14.1. The van der Waals surface area contributed by atoms with Crippen molar-refractivity contribution in [2.24, 2.45) is 0 Å². The van der Waals surface area contributed by atoms with Crippen LogP contribution in [0.5, 0.6) is 5.75 Å². The Hall–Kier alpha value is -1.94. The molecule has 0 N–H and O–H groups in total. The number of alkyl halides is 1. The van der Waals surface area contributed by atoms with E-state index in [1.807, 2.05) is 18.2 Å². The van der Waals surface area contributed by atoms with Crippen molar-refractivity contribution in [3.63, 3.8) is 0 Å². The van der Waals surface area contributed by atoms with Crippen LogP contribution in [-0.4, -0.2) is 16.9 Å². The fourth-order valence-corrected chi connectivity index (χ4v) is 3.73. The average molecular weight is 371 g/mol. The molecule has 116 valence electrons. The molecule has 0 atom stereocenters. The summed E-state index contributed by atoms with van der Waals surface area (Å²) in [7, 11) is 0. The third-order valence-corrected chi connectivity index (χ3v) is 5.12. The number of hydrogen-bond acceptors (Lipinski definition) is 3. The van der Waals surface area contributed by atoms with Crippen LogP contribution < -0.4 is 4.74 Å². The maximum atomic E-state index is 11.8. The van der Waals surface area contributed by atoms with Crippen LogP contribution >= 0.6 is 15.9 Å². The smallest absolute Gasteiger partial charge is 0.173 e. The van der Waals surface area contributed by atoms with E-state index in [0.29, 0.717) is 30.3 Å². The van der Waals surface area contributed by atoms with Gasteiger partial charge >= 0.3 is 0 Å². The number of ether oxygens (including phenoxy) is 1. The van der Waals surface area contributed by atoms with Gasteiger partial charge in [-0.05, 0) is 29.2 Å². The summed E-state index contributed by atoms with van der Waals surface area (Å²) in [6.45, 7) is 0.441. The maximum Gasteiger partial charge on any atom is 0.173 e. The van der Waals surface area contributed by atoms with Crippen LogP contribution in [-0.2, 0) is 24.2 Å². The molecular formula is C19H15BrO3. The van der Waals surface area contributed by atoms with E-state index in [1.165, 1.54) is 5.56 Å². The predicted molar refractivity (Wildman–Crippen MR) is 91.4 cm³/mol. The van der Waals surface area contributed by atoms with Crippen molar-refractivity contribution in [3.05, 3.63) is 52.6 Å². The Morgan fingerprint density at radius 2 is 1.91 bits per heavy atom. The van der Waals surface area contributed by atoms with Gasteiger partial charge in [0.25, 0.3) is 0 Å². The van der Waals surface area contributed by atoms with Crippen molar-refractivity contribution in [2.75, 3.05) is 5.33 Å². The molecule has 0 bridgehead atoms. The molecule has 0 radical (unpaired) electrons. The summed E-state index contributed by atoms with van der Waals surface area (Å²) in [5.41, 5.74) is 6.10. The van der Waals surface area contributed by atoms with Crippen LogP contribution in [0.25, 0.3) is 11.1 Å². The quantitative estimate of drug-likeness (QED) is 0.595. The number of carbonyl (C=O) groups is 2. The zero-order chi connectivity index (χ0) is 16.0. The Kier molecular flexibility index (Phi) is 3.57. The number of benzene rings is 2. The Morgan fingerprint density at radius 3 is 2.74 bits per heavy atom. The number of carbonyl (C=O) groups excluding carboxylic acids is 2. The molecular weight excluding hydrogens is 356 g/mol. The van der Waals surface area contributed by atoms with Crippen LogP contribution in [0.3, 0.4) is 0 Å². The largest absolute Gasteiger partial charge is 0.488 e. The highest BCUT2D eigenvalue weighted by molar-refractivity contribution is 9.09. The van der Waals surface area contributed by atoms with E-state index in [0.717, 1.165) is 34.4 Å². The van der Waals surface area contributed by atoms with E-state index >= 15 is 0 Å². The molecule has 23 heavy (non-hydrogen) atoms. The minimum Gasteiger partial charge on any atom is -0.488 e. The first kappa shape index (κ1) is 14.6. The van der Waals surface area contributed by atoms with Crippen molar-refractivity contribution in [2.45, 2.75) is 25.9 Å². The van der Waals surface area contributed by atoms with Crippen molar-refractivity contribution < 1.29 is 14.3 Å². The standard InChI is InChI=1S/C19H15BrO3/c20-9-18(22)12-3-5-15-13(7-12)10-23-19-16(15)6-2-11-1-4-14(21)8-17(11)19/h2-3,5-7H,1,4,8-10H2. The topological polar surface area (TPSA) is 43.4 Å². The number of aryl methyl sites for hydroxylation is 1. The number of fused-ring (bicyclic) bond motifs is 5. The second kappa shape index (κ2) is 5.60. The number of ketones is 2. The highest BCUT2D eigenvalue weighted by Crippen LogP contribution is 2.43. The van der Waals surface area contributed by atoms with Gasteiger partial charge < -0.3 is 4.74 Å². The third-order valence-electron chi connectivity index (χ3n) is 4.62. The highest BCUT2D eigenvalue weighted by Gasteiger charge is 2.26. The number of rotatable bonds is 2. The molecule has 0 fully saturated rings. The number of Topliss-reactive ketones (excluding diaryl/α,β-unsaturated/α-hetero) is 2. The summed E-state index contributed by atoms with van der Waals surface area (Å²) in [4.78, 5) is 23.7. The third kappa shape index (κ3) is 2.41. The number of halogens is 1. The van der Waals surface area contributed by atoms with Gasteiger partial charge in [0.2, 0.25) is 0 Å². The van der Waals surface area contributed by atoms with E-state index in [2.05, 4.69) is 28.1 Å². The summed E-state index contributed by atoms with van der Waals surface area (Å²) >= 11 is 3.21. The monoisotopic (exact) mass is 370 g/mol. The van der Waals surface area contributed by atoms with Gasteiger partial charge in [-0.2, -0.15) is 0 Å². The molecule has 0 saturated carbocycles. The van der Waals surface area contributed by atoms with Gasteiger partial charge in [0.1, 0.15) is 18.1 Å². The maximum absolute atomic E-state index is 11.8. The molecule has 2 aliphatic rings. The second-order valence-electron chi connectivity index (χ2n) is 6.01. The lowest BCUT2D eigenvalue weighted by Gasteiger charge is -2.27. The summed E-state index contributed by atoms with van der Waals surface area (Å²) in [5.74, 6) is 1.19. The molecule has 4 heteroatoms. The average Bonchev–Trinajstić information content (AvgIpc) is 2.59. The summed E-state index contributed by atoms with van der Waals surface area (Å²) < 4.78 is 5.99. The zero-order valence-electron chi connectivity index (χ0n) is 12.5. The Morgan fingerprint density at radius 1 is 1.09 bits per heavy atom. The van der Waals surface area contributed by atoms with Crippen molar-refractivity contribution in [3.8, 4) is 16.9 Å². The first-order valence-corrected chi connectivity index (χ1v) is 8.81. The molecule has 0 amide bonds. The SMILES string of the molecule is O=C1CCc2ccc3c(c2C1)OCc1cc(C(=O)CBr)ccc1-3. The van der Waals surface area contributed by atoms with E-state index in [9.17, 15) is 9.59 Å². The lowest BCUT2D eigenvalue weighted by atomic mass is 9.85. The first-order valence-electron chi connectivity index (χ1n) is 7.69. The van der Waals surface area contributed by atoms with Crippen molar-refractivity contribution in [1.82, 2.24) is 0 Å². The highest BCUT2D eigenvalue weighted by atomic mass is 79.9. The molecule has 0 aromatic heterocycles. The molecule has 0 spiro atoms. The first-order chi connectivity index (χ1) is 11.2. The fourth-order valence-electron chi connectivity index (χ4n) is 3.41. The van der Waals surface area contributed by atoms with Crippen molar-refractivity contribution >= 4 is 27.5 Å². The van der Waals surface area contributed by atoms with E-state index in [-0.39, 0.29) is 11.6 Å². The summed E-state index contributed by atoms with van der Waals surface area (Å²) in [5, 5.41) is 0.318. The Bertz CT molecular complexity index is 839. The van der Waals surface area contributed by atoms with Gasteiger partial charge in [-0.1, -0.05) is 40.2 Å². The van der Waals surface area contributed by atoms with Crippen LogP contribution in [0.2, 0.25) is 0 Å². The van der Waals surface area contributed by atoms with Gasteiger partial charge in [-0.25, -0.2) is 0 Å². The van der Waals surface area contributed by atoms with Crippen LogP contribution in [0, 0.1) is 0 Å². The molecule has 4 rings (SSSR count). The van der Waals surface area contributed by atoms with E-state index in [1.54, 1.807) is 0 Å². The lowest BCUT2D eigenvalue weighted by Crippen LogP contribution is -2.17. The van der Waals surface area contributed by atoms with Crippen molar-refractivity contribution in [1.29, 1.82) is 0 Å². The van der Waals surface area contributed by atoms with E-state index < -0.39 is 0 Å². The minimum atomic E-state index is 0.0645. The normalized spacial score (nSPS) is 15.3. The fraction of sp³-hybridized carbons (Fsp3) is 0.263. The van der Waals surface area contributed by atoms with Gasteiger partial charge in [0, 0.05) is 29.5 Å². The molecule has 1 aliphatic carbocycles. The molecule has 1 aliphatic heterocycles. The second-order valence-corrected chi connectivity index (χ2v) is 6.57. The van der Waals surface area contributed by atoms with E-state index in [4.69, 9.17) is 4.74 Å². The summed E-state index contributed by atoms with van der Waals surface area (Å²) in [6, 6.07) is 9.95. The Balaban J connectivity index is 1.83. The Labute approximate surface area is 142 Å². The summed E-state index contributed by atoms with van der Waals surface area (Å²) in [6.07, 6.45) is 1.89. The molecule has 2 aromatic carbocycles. The molecule has 0 unspecified atom stereocenters. The minimum absolute atomic E-state index is 0.0645. The van der Waals surface area contributed by atoms with Gasteiger partial charge in [-0.15, -0.1) is 0 Å². The van der Waals surface area contributed by atoms with Crippen LogP contribution in [0.1, 0.15) is 33.5 Å².